The minimum atomic E-state index is -0.117. The van der Waals surface area contributed by atoms with Gasteiger partial charge in [0.1, 0.15) is 5.76 Å². The highest BCUT2D eigenvalue weighted by Crippen LogP contribution is 2.27. The molecule has 3 heterocycles. The van der Waals surface area contributed by atoms with Crippen molar-refractivity contribution in [3.63, 3.8) is 0 Å². The maximum Gasteiger partial charge on any atom is 0.227 e. The number of thiophene rings is 1. The number of aromatic nitrogens is 3. The van der Waals surface area contributed by atoms with Gasteiger partial charge < -0.3 is 8.83 Å². The highest BCUT2D eigenvalue weighted by atomic mass is 32.2. The molecular formula is C16H19N3O2S2. The molecule has 0 fully saturated rings. The van der Waals surface area contributed by atoms with Crippen molar-refractivity contribution in [3.05, 3.63) is 40.1 Å². The average molecular weight is 349 g/mol. The van der Waals surface area contributed by atoms with E-state index in [-0.39, 0.29) is 5.41 Å². The van der Waals surface area contributed by atoms with E-state index in [1.165, 1.54) is 0 Å². The van der Waals surface area contributed by atoms with E-state index in [4.69, 9.17) is 8.83 Å². The normalized spacial score (nSPS) is 12.0. The molecule has 0 unspecified atom stereocenters. The van der Waals surface area contributed by atoms with Crippen LogP contribution in [0.15, 0.2) is 25.7 Å². The Morgan fingerprint density at radius 1 is 1.17 bits per heavy atom. The molecule has 0 aliphatic heterocycles. The second-order valence-corrected chi connectivity index (χ2v) is 8.04. The van der Waals surface area contributed by atoms with Crippen LogP contribution in [-0.4, -0.2) is 15.2 Å². The van der Waals surface area contributed by atoms with Crippen LogP contribution in [-0.2, 0) is 16.9 Å². The lowest BCUT2D eigenvalue weighted by Gasteiger charge is -2.10. The number of oxazole rings is 1. The molecule has 3 rings (SSSR count). The third kappa shape index (κ3) is 3.84. The first kappa shape index (κ1) is 16.3. The Bertz CT molecular complexity index is 770. The molecule has 0 atom stereocenters. The molecule has 0 N–H and O–H groups in total. The van der Waals surface area contributed by atoms with Crippen LogP contribution in [0.2, 0.25) is 0 Å². The van der Waals surface area contributed by atoms with Gasteiger partial charge in [-0.15, -0.1) is 22.0 Å². The fraction of sp³-hybridized carbons (Fsp3) is 0.438. The summed E-state index contributed by atoms with van der Waals surface area (Å²) in [4.78, 5) is 4.58. The van der Waals surface area contributed by atoms with Crippen LogP contribution in [0.4, 0.5) is 0 Å². The van der Waals surface area contributed by atoms with E-state index in [9.17, 15) is 0 Å². The van der Waals surface area contributed by atoms with Crippen LogP contribution in [0.3, 0.4) is 0 Å². The number of rotatable bonds is 5. The van der Waals surface area contributed by atoms with Crippen LogP contribution < -0.4 is 0 Å². The molecule has 0 amide bonds. The van der Waals surface area contributed by atoms with Crippen molar-refractivity contribution in [1.82, 2.24) is 15.2 Å². The molecule has 0 aromatic carbocycles. The lowest BCUT2D eigenvalue weighted by atomic mass is 9.97. The summed E-state index contributed by atoms with van der Waals surface area (Å²) in [7, 11) is 0. The second kappa shape index (κ2) is 6.49. The highest BCUT2D eigenvalue weighted by Gasteiger charge is 2.21. The van der Waals surface area contributed by atoms with E-state index in [0.29, 0.717) is 23.4 Å². The minimum Gasteiger partial charge on any atom is -0.441 e. The molecule has 0 radical (unpaired) electrons. The van der Waals surface area contributed by atoms with Gasteiger partial charge in [0.25, 0.3) is 0 Å². The summed E-state index contributed by atoms with van der Waals surface area (Å²) in [6.07, 6.45) is 0. The van der Waals surface area contributed by atoms with Gasteiger partial charge in [0, 0.05) is 22.1 Å². The molecule has 0 bridgehead atoms. The van der Waals surface area contributed by atoms with Crippen molar-refractivity contribution in [3.8, 4) is 11.5 Å². The molecule has 0 saturated heterocycles. The molecule has 0 aliphatic carbocycles. The molecule has 0 aliphatic rings. The van der Waals surface area contributed by atoms with Gasteiger partial charge in [-0.3, -0.25) is 0 Å². The molecule has 3 aromatic rings. The van der Waals surface area contributed by atoms with E-state index in [1.54, 1.807) is 23.1 Å². The fourth-order valence-electron chi connectivity index (χ4n) is 1.92. The summed E-state index contributed by atoms with van der Waals surface area (Å²) in [5.41, 5.74) is 1.88. The van der Waals surface area contributed by atoms with E-state index in [2.05, 4.69) is 36.0 Å². The molecule has 23 heavy (non-hydrogen) atoms. The molecule has 7 heteroatoms. The average Bonchev–Trinajstić information content (AvgIpc) is 3.19. The Labute approximate surface area is 143 Å². The van der Waals surface area contributed by atoms with Gasteiger partial charge in [-0.2, -0.15) is 11.3 Å². The predicted octanol–water partition coefficient (Wildman–Crippen LogP) is 4.83. The van der Waals surface area contributed by atoms with Crippen LogP contribution in [0, 0.1) is 6.92 Å². The summed E-state index contributed by atoms with van der Waals surface area (Å²) >= 11 is 3.33. The van der Waals surface area contributed by atoms with Crippen molar-refractivity contribution < 1.29 is 8.83 Å². The van der Waals surface area contributed by atoms with Crippen LogP contribution >= 0.6 is 23.1 Å². The van der Waals surface area contributed by atoms with Crippen molar-refractivity contribution in [2.45, 2.75) is 44.6 Å². The van der Waals surface area contributed by atoms with Gasteiger partial charge in [-0.25, -0.2) is 4.98 Å². The zero-order valence-electron chi connectivity index (χ0n) is 13.6. The lowest BCUT2D eigenvalue weighted by molar-refractivity contribution is 0.378. The number of hydrogen-bond acceptors (Lipinski definition) is 7. The fourth-order valence-corrected chi connectivity index (χ4v) is 3.41. The Morgan fingerprint density at radius 2 is 2.00 bits per heavy atom. The number of aryl methyl sites for hydroxylation is 1. The Balaban J connectivity index is 1.60. The summed E-state index contributed by atoms with van der Waals surface area (Å²) in [6, 6.07) is 2.01. The van der Waals surface area contributed by atoms with Crippen molar-refractivity contribution in [2.75, 3.05) is 0 Å². The second-order valence-electron chi connectivity index (χ2n) is 6.28. The Hall–Kier alpha value is -1.60. The van der Waals surface area contributed by atoms with Gasteiger partial charge in [0.2, 0.25) is 17.7 Å². The smallest absolute Gasteiger partial charge is 0.227 e. The summed E-state index contributed by atoms with van der Waals surface area (Å²) in [5.74, 6) is 4.30. The molecule has 0 saturated carbocycles. The van der Waals surface area contributed by atoms with Crippen molar-refractivity contribution in [1.29, 1.82) is 0 Å². The van der Waals surface area contributed by atoms with E-state index < -0.39 is 0 Å². The number of nitrogens with zero attached hydrogens (tertiary/aromatic N) is 3. The Kier molecular flexibility index (Phi) is 4.59. The quantitative estimate of drug-likeness (QED) is 0.657. The van der Waals surface area contributed by atoms with E-state index >= 15 is 0 Å². The lowest BCUT2D eigenvalue weighted by Crippen LogP contribution is -2.11. The molecule has 122 valence electrons. The summed E-state index contributed by atoms with van der Waals surface area (Å²) in [5, 5.41) is 12.3. The van der Waals surface area contributed by atoms with Gasteiger partial charge in [0.15, 0.2) is 0 Å². The summed E-state index contributed by atoms with van der Waals surface area (Å²) < 4.78 is 11.4. The number of hydrogen-bond donors (Lipinski definition) is 0. The molecule has 0 spiro atoms. The van der Waals surface area contributed by atoms with Gasteiger partial charge in [0.05, 0.1) is 11.4 Å². The summed E-state index contributed by atoms with van der Waals surface area (Å²) in [6.45, 7) is 8.12. The third-order valence-electron chi connectivity index (χ3n) is 3.23. The minimum absolute atomic E-state index is 0.117. The van der Waals surface area contributed by atoms with Gasteiger partial charge in [-0.1, -0.05) is 20.8 Å². The van der Waals surface area contributed by atoms with Gasteiger partial charge >= 0.3 is 0 Å². The van der Waals surface area contributed by atoms with Crippen molar-refractivity contribution in [2.24, 2.45) is 0 Å². The maximum atomic E-state index is 5.74. The first-order chi connectivity index (χ1) is 10.9. The SMILES string of the molecule is Cc1oc(-c2ccsc2)nc1CSCc1nnc(C(C)(C)C)o1. The molecule has 3 aromatic heterocycles. The van der Waals surface area contributed by atoms with E-state index in [0.717, 1.165) is 22.8 Å². The predicted molar refractivity (Wildman–Crippen MR) is 92.6 cm³/mol. The van der Waals surface area contributed by atoms with Crippen molar-refractivity contribution >= 4 is 23.1 Å². The molecule has 5 nitrogen and oxygen atoms in total. The van der Waals surface area contributed by atoms with E-state index in [1.807, 2.05) is 23.8 Å². The zero-order valence-corrected chi connectivity index (χ0v) is 15.3. The first-order valence-corrected chi connectivity index (χ1v) is 9.42. The van der Waals surface area contributed by atoms with Crippen LogP contribution in [0.5, 0.6) is 0 Å². The van der Waals surface area contributed by atoms with Gasteiger partial charge in [-0.05, 0) is 18.4 Å². The largest absolute Gasteiger partial charge is 0.441 e. The maximum absolute atomic E-state index is 5.74. The number of thioether (sulfide) groups is 1. The monoisotopic (exact) mass is 349 g/mol. The topological polar surface area (TPSA) is 65.0 Å². The standard InChI is InChI=1S/C16H19N3O2S2/c1-10-12(17-14(20-10)11-5-6-22-7-11)8-23-9-13-18-19-15(21-13)16(2,3)4/h5-7H,8-9H2,1-4H3. The highest BCUT2D eigenvalue weighted by molar-refractivity contribution is 7.97. The van der Waals surface area contributed by atoms with Crippen LogP contribution in [0.25, 0.3) is 11.5 Å². The Morgan fingerprint density at radius 3 is 2.65 bits per heavy atom. The third-order valence-corrected chi connectivity index (χ3v) is 4.85. The first-order valence-electron chi connectivity index (χ1n) is 7.33. The van der Waals surface area contributed by atoms with Crippen LogP contribution in [0.1, 0.15) is 44.0 Å². The zero-order chi connectivity index (χ0) is 16.4. The molecular weight excluding hydrogens is 330 g/mol.